The van der Waals surface area contributed by atoms with Crippen molar-refractivity contribution in [2.45, 2.75) is 52.2 Å². The second-order valence-electron chi connectivity index (χ2n) is 11.3. The maximum absolute atomic E-state index is 12.5. The number of hydrogen-bond acceptors (Lipinski definition) is 8. The van der Waals surface area contributed by atoms with E-state index in [9.17, 15) is 4.79 Å². The Hall–Kier alpha value is -3.17. The minimum absolute atomic E-state index is 0.181. The highest BCUT2D eigenvalue weighted by Crippen LogP contribution is 2.41. The summed E-state index contributed by atoms with van der Waals surface area (Å²) in [6.45, 7) is 10.2. The van der Waals surface area contributed by atoms with Crippen molar-refractivity contribution < 1.29 is 18.7 Å². The summed E-state index contributed by atoms with van der Waals surface area (Å²) in [5, 5.41) is 1.68. The molecular weight excluding hydrogens is 488 g/mol. The number of ether oxygens (including phenoxy) is 2. The van der Waals surface area contributed by atoms with E-state index < -0.39 is 5.60 Å². The maximum atomic E-state index is 12.5. The van der Waals surface area contributed by atoms with Crippen molar-refractivity contribution in [1.29, 1.82) is 0 Å². The second-order valence-corrected chi connectivity index (χ2v) is 12.2. The van der Waals surface area contributed by atoms with E-state index in [-0.39, 0.29) is 11.5 Å². The van der Waals surface area contributed by atoms with Crippen LogP contribution in [0.15, 0.2) is 47.2 Å². The predicted octanol–water partition coefficient (Wildman–Crippen LogP) is 6.45. The van der Waals surface area contributed by atoms with Crippen LogP contribution in [0.25, 0.3) is 21.3 Å². The molecule has 0 unspecified atom stereocenters. The van der Waals surface area contributed by atoms with Gasteiger partial charge in [0, 0.05) is 42.8 Å². The molecule has 2 aliphatic heterocycles. The fraction of sp³-hybridized carbons (Fsp3) is 0.464. The first-order valence-electron chi connectivity index (χ1n) is 12.9. The molecule has 0 radical (unpaired) electrons. The third kappa shape index (κ3) is 5.15. The lowest BCUT2D eigenvalue weighted by atomic mass is 9.77. The highest BCUT2D eigenvalue weighted by Gasteiger charge is 2.43. The molecule has 194 valence electrons. The summed E-state index contributed by atoms with van der Waals surface area (Å²) in [5.74, 6) is 0.697. The molecule has 5 heterocycles. The van der Waals surface area contributed by atoms with Gasteiger partial charge in [-0.2, -0.15) is 4.98 Å². The molecule has 37 heavy (non-hydrogen) atoms. The molecule has 6 rings (SSSR count). The Bertz CT molecular complexity index is 1400. The van der Waals surface area contributed by atoms with Gasteiger partial charge < -0.3 is 18.8 Å². The van der Waals surface area contributed by atoms with Crippen LogP contribution in [0.1, 0.15) is 45.6 Å². The third-order valence-corrected chi connectivity index (χ3v) is 8.27. The minimum Gasteiger partial charge on any atom is -0.464 e. The Morgan fingerprint density at radius 3 is 2.76 bits per heavy atom. The van der Waals surface area contributed by atoms with Crippen molar-refractivity contribution in [3.8, 4) is 10.9 Å². The molecular formula is C28H32N4O4S. The van der Waals surface area contributed by atoms with Gasteiger partial charge in [0.2, 0.25) is 0 Å². The summed E-state index contributed by atoms with van der Waals surface area (Å²) in [7, 11) is 0. The first-order valence-corrected chi connectivity index (χ1v) is 13.7. The molecule has 0 saturated carbocycles. The molecule has 8 nitrogen and oxygen atoms in total. The number of hydrogen-bond donors (Lipinski definition) is 0. The number of carbonyl (C=O) groups is 1. The Balaban J connectivity index is 1.06. The van der Waals surface area contributed by atoms with Gasteiger partial charge in [-0.3, -0.25) is 4.90 Å². The molecule has 1 amide bonds. The molecule has 2 saturated heterocycles. The van der Waals surface area contributed by atoms with Crippen molar-refractivity contribution in [2.75, 3.05) is 26.2 Å². The SMILES string of the molecule is CC(C)(C)OC(=O)N1CCC2(CCN(Cc3coc4cc(Oc5nc6ncccc6s5)ccc34)CC2)C1. The Morgan fingerprint density at radius 1 is 1.16 bits per heavy atom. The fourth-order valence-corrected chi connectivity index (χ4v) is 6.19. The monoisotopic (exact) mass is 520 g/mol. The van der Waals surface area contributed by atoms with Crippen LogP contribution < -0.4 is 4.74 Å². The van der Waals surface area contributed by atoms with Crippen LogP contribution in [0.5, 0.6) is 10.9 Å². The molecule has 0 N–H and O–H groups in total. The van der Waals surface area contributed by atoms with Gasteiger partial charge in [-0.25, -0.2) is 9.78 Å². The average molecular weight is 521 g/mol. The van der Waals surface area contributed by atoms with Gasteiger partial charge in [-0.1, -0.05) is 11.3 Å². The Morgan fingerprint density at radius 2 is 1.97 bits per heavy atom. The van der Waals surface area contributed by atoms with Crippen LogP contribution in [0.4, 0.5) is 4.79 Å². The van der Waals surface area contributed by atoms with Gasteiger partial charge in [-0.05, 0) is 82.8 Å². The van der Waals surface area contributed by atoms with Crippen LogP contribution >= 0.6 is 11.3 Å². The first kappa shape index (κ1) is 24.2. The smallest absolute Gasteiger partial charge is 0.410 e. The predicted molar refractivity (Wildman–Crippen MR) is 143 cm³/mol. The quantitative estimate of drug-likeness (QED) is 0.306. The molecule has 2 aliphatic rings. The number of benzene rings is 1. The first-order chi connectivity index (χ1) is 17.8. The van der Waals surface area contributed by atoms with Crippen molar-refractivity contribution in [3.05, 3.63) is 48.4 Å². The van der Waals surface area contributed by atoms with E-state index in [0.717, 1.165) is 67.7 Å². The van der Waals surface area contributed by atoms with E-state index in [0.29, 0.717) is 16.6 Å². The minimum atomic E-state index is -0.455. The van der Waals surface area contributed by atoms with E-state index in [1.54, 1.807) is 6.20 Å². The van der Waals surface area contributed by atoms with Crippen LogP contribution in [-0.2, 0) is 11.3 Å². The summed E-state index contributed by atoms with van der Waals surface area (Å²) in [6, 6.07) is 9.84. The average Bonchev–Trinajstić information content (AvgIpc) is 3.57. The normalized spacial score (nSPS) is 18.2. The molecule has 9 heteroatoms. The van der Waals surface area contributed by atoms with E-state index in [2.05, 4.69) is 20.9 Å². The number of nitrogens with zero attached hydrogens (tertiary/aromatic N) is 4. The van der Waals surface area contributed by atoms with Crippen LogP contribution in [0.2, 0.25) is 0 Å². The molecule has 0 aliphatic carbocycles. The summed E-state index contributed by atoms with van der Waals surface area (Å²) >= 11 is 1.48. The van der Waals surface area contributed by atoms with Crippen molar-refractivity contribution in [3.63, 3.8) is 0 Å². The Labute approximate surface area is 220 Å². The van der Waals surface area contributed by atoms with Gasteiger partial charge in [0.15, 0.2) is 5.65 Å². The highest BCUT2D eigenvalue weighted by atomic mass is 32.1. The largest absolute Gasteiger partial charge is 0.464 e. The van der Waals surface area contributed by atoms with Crippen LogP contribution in [0.3, 0.4) is 0 Å². The fourth-order valence-electron chi connectivity index (χ4n) is 5.40. The number of aromatic nitrogens is 2. The summed E-state index contributed by atoms with van der Waals surface area (Å²) < 4.78 is 18.5. The van der Waals surface area contributed by atoms with Gasteiger partial charge >= 0.3 is 6.09 Å². The Kier molecular flexibility index (Phi) is 6.07. The molecule has 0 atom stereocenters. The topological polar surface area (TPSA) is 80.9 Å². The molecule has 4 aromatic rings. The number of piperidine rings is 1. The maximum Gasteiger partial charge on any atom is 0.410 e. The lowest BCUT2D eigenvalue weighted by Crippen LogP contribution is -2.42. The molecule has 2 fully saturated rings. The highest BCUT2D eigenvalue weighted by molar-refractivity contribution is 7.20. The van der Waals surface area contributed by atoms with Gasteiger partial charge in [0.25, 0.3) is 5.19 Å². The number of amides is 1. The summed E-state index contributed by atoms with van der Waals surface area (Å²) in [4.78, 5) is 25.6. The van der Waals surface area contributed by atoms with Crippen LogP contribution in [-0.4, -0.2) is 57.6 Å². The van der Waals surface area contributed by atoms with Crippen molar-refractivity contribution >= 4 is 38.7 Å². The molecule has 3 aromatic heterocycles. The van der Waals surface area contributed by atoms with Gasteiger partial charge in [-0.15, -0.1) is 0 Å². The van der Waals surface area contributed by atoms with Gasteiger partial charge in [0.05, 0.1) is 11.0 Å². The van der Waals surface area contributed by atoms with Gasteiger partial charge in [0.1, 0.15) is 16.9 Å². The number of rotatable bonds is 4. The number of pyridine rings is 1. The molecule has 0 bridgehead atoms. The number of carbonyl (C=O) groups excluding carboxylic acids is 1. The van der Waals surface area contributed by atoms with E-state index in [4.69, 9.17) is 13.9 Å². The van der Waals surface area contributed by atoms with Crippen molar-refractivity contribution in [2.24, 2.45) is 5.41 Å². The summed E-state index contributed by atoms with van der Waals surface area (Å²) in [6.07, 6.45) is 6.66. The standard InChI is InChI=1S/C28H32N4O4S/c1-27(2,3)36-26(33)32-14-10-28(18-32)8-12-31(13-9-28)16-19-17-34-22-15-20(6-7-21(19)22)35-25-30-24-23(37-25)5-4-11-29-24/h4-7,11,15,17H,8-10,12-14,16,18H2,1-3H3. The number of thiazole rings is 1. The van der Waals surface area contributed by atoms with Crippen molar-refractivity contribution in [1.82, 2.24) is 19.8 Å². The third-order valence-electron chi connectivity index (χ3n) is 7.38. The second kappa shape index (κ2) is 9.29. The zero-order valence-corrected chi connectivity index (χ0v) is 22.3. The molecule has 1 aromatic carbocycles. The van der Waals surface area contributed by atoms with E-state index in [1.807, 2.05) is 56.2 Å². The zero-order chi connectivity index (χ0) is 25.6. The number of furan rings is 1. The van der Waals surface area contributed by atoms with Crippen LogP contribution in [0, 0.1) is 5.41 Å². The number of fused-ring (bicyclic) bond motifs is 2. The molecule has 1 spiro atoms. The lowest BCUT2D eigenvalue weighted by molar-refractivity contribution is 0.0245. The summed E-state index contributed by atoms with van der Waals surface area (Å²) in [5.41, 5.74) is 2.45. The zero-order valence-electron chi connectivity index (χ0n) is 21.5. The van der Waals surface area contributed by atoms with E-state index in [1.165, 1.54) is 16.9 Å². The lowest BCUT2D eigenvalue weighted by Gasteiger charge is -2.39. The number of likely N-dealkylation sites (tertiary alicyclic amines) is 2. The van der Waals surface area contributed by atoms with E-state index >= 15 is 0 Å².